The van der Waals surface area contributed by atoms with Crippen LogP contribution in [0.5, 0.6) is 5.75 Å². The summed E-state index contributed by atoms with van der Waals surface area (Å²) in [4.78, 5) is 0.146. The average Bonchev–Trinajstić information content (AvgIpc) is 3.00. The summed E-state index contributed by atoms with van der Waals surface area (Å²) in [5.74, 6) is 0.775. The summed E-state index contributed by atoms with van der Waals surface area (Å²) < 4.78 is 28.0. The van der Waals surface area contributed by atoms with Gasteiger partial charge in [-0.3, -0.25) is 0 Å². The lowest BCUT2D eigenvalue weighted by Gasteiger charge is -2.10. The van der Waals surface area contributed by atoms with Gasteiger partial charge in [0, 0.05) is 0 Å². The van der Waals surface area contributed by atoms with Crippen LogP contribution in [0.25, 0.3) is 0 Å². The molecule has 0 atom stereocenters. The Kier molecular flexibility index (Phi) is 2.90. The number of rotatable bonds is 4. The van der Waals surface area contributed by atoms with Crippen molar-refractivity contribution in [2.75, 3.05) is 0 Å². The van der Waals surface area contributed by atoms with Crippen molar-refractivity contribution in [2.45, 2.75) is 37.2 Å². The molecule has 1 aliphatic carbocycles. The predicted molar refractivity (Wildman–Crippen MR) is 60.8 cm³/mol. The van der Waals surface area contributed by atoms with Gasteiger partial charge in [-0.2, -0.15) is 0 Å². The molecule has 0 unspecified atom stereocenters. The zero-order valence-electron chi connectivity index (χ0n) is 9.14. The Morgan fingerprint density at radius 2 is 2.12 bits per heavy atom. The van der Waals surface area contributed by atoms with E-state index >= 15 is 0 Å². The van der Waals surface area contributed by atoms with Crippen LogP contribution in [0.4, 0.5) is 0 Å². The van der Waals surface area contributed by atoms with Gasteiger partial charge in [0.25, 0.3) is 0 Å². The van der Waals surface area contributed by atoms with Crippen LogP contribution in [-0.4, -0.2) is 14.5 Å². The molecule has 0 heterocycles. The molecule has 0 radical (unpaired) electrons. The van der Waals surface area contributed by atoms with Crippen LogP contribution < -0.4 is 9.88 Å². The van der Waals surface area contributed by atoms with E-state index in [9.17, 15) is 8.42 Å². The number of aryl methyl sites for hydroxylation is 1. The van der Waals surface area contributed by atoms with Gasteiger partial charge in [-0.25, -0.2) is 13.6 Å². The maximum Gasteiger partial charge on any atom is 0.238 e. The molecule has 5 heteroatoms. The molecule has 0 aromatic heterocycles. The first-order valence-electron chi connectivity index (χ1n) is 5.33. The number of hydrogen-bond donors (Lipinski definition) is 1. The number of nitrogens with two attached hydrogens (primary N) is 1. The van der Waals surface area contributed by atoms with Crippen LogP contribution in [0.1, 0.15) is 25.3 Å². The highest BCUT2D eigenvalue weighted by molar-refractivity contribution is 7.89. The molecule has 1 aliphatic rings. The summed E-state index contributed by atoms with van der Waals surface area (Å²) in [5.41, 5.74) is 0.887. The Balaban J connectivity index is 2.33. The predicted octanol–water partition coefficient (Wildman–Crippen LogP) is 1.44. The van der Waals surface area contributed by atoms with E-state index in [1.807, 2.05) is 6.92 Å². The summed E-state index contributed by atoms with van der Waals surface area (Å²) in [5, 5.41) is 5.08. The third kappa shape index (κ3) is 2.54. The smallest absolute Gasteiger partial charge is 0.238 e. The van der Waals surface area contributed by atoms with E-state index in [1.54, 1.807) is 12.1 Å². The molecule has 0 spiro atoms. The molecule has 1 fully saturated rings. The van der Waals surface area contributed by atoms with E-state index < -0.39 is 10.0 Å². The molecule has 1 saturated carbocycles. The lowest BCUT2D eigenvalue weighted by atomic mass is 10.1. The summed E-state index contributed by atoms with van der Waals surface area (Å²) in [6.07, 6.45) is 3.21. The van der Waals surface area contributed by atoms with Crippen LogP contribution in [0.3, 0.4) is 0 Å². The number of benzene rings is 1. The zero-order chi connectivity index (χ0) is 11.8. The highest BCUT2D eigenvalue weighted by atomic mass is 32.2. The van der Waals surface area contributed by atoms with Crippen LogP contribution in [-0.2, 0) is 16.4 Å². The molecular weight excluding hydrogens is 226 g/mol. The van der Waals surface area contributed by atoms with Crippen molar-refractivity contribution in [1.29, 1.82) is 0 Å². The van der Waals surface area contributed by atoms with Crippen LogP contribution >= 0.6 is 0 Å². The molecule has 1 aromatic carbocycles. The highest BCUT2D eigenvalue weighted by Gasteiger charge is 2.24. The SMILES string of the molecule is CCc1cc(S(N)(=O)=O)ccc1OC1CC1. The van der Waals surface area contributed by atoms with Gasteiger partial charge in [-0.05, 0) is 43.0 Å². The quantitative estimate of drug-likeness (QED) is 0.867. The second-order valence-corrected chi connectivity index (χ2v) is 5.55. The Bertz CT molecular complexity index is 492. The fourth-order valence-corrected chi connectivity index (χ4v) is 2.05. The van der Waals surface area contributed by atoms with E-state index in [2.05, 4.69) is 0 Å². The Morgan fingerprint density at radius 1 is 1.44 bits per heavy atom. The van der Waals surface area contributed by atoms with Crippen LogP contribution in [0.2, 0.25) is 0 Å². The van der Waals surface area contributed by atoms with Gasteiger partial charge in [-0.15, -0.1) is 0 Å². The highest BCUT2D eigenvalue weighted by Crippen LogP contribution is 2.30. The maximum absolute atomic E-state index is 11.2. The van der Waals surface area contributed by atoms with Crippen LogP contribution in [0, 0.1) is 0 Å². The molecule has 88 valence electrons. The second kappa shape index (κ2) is 4.07. The summed E-state index contributed by atoms with van der Waals surface area (Å²) in [6.45, 7) is 1.96. The number of ether oxygens (including phenoxy) is 1. The minimum absolute atomic E-state index is 0.146. The summed E-state index contributed by atoms with van der Waals surface area (Å²) >= 11 is 0. The molecule has 1 aromatic rings. The third-order valence-electron chi connectivity index (χ3n) is 2.56. The van der Waals surface area contributed by atoms with Crippen molar-refractivity contribution in [3.05, 3.63) is 23.8 Å². The van der Waals surface area contributed by atoms with Crippen molar-refractivity contribution in [1.82, 2.24) is 0 Å². The number of sulfonamides is 1. The number of hydrogen-bond acceptors (Lipinski definition) is 3. The van der Waals surface area contributed by atoms with Crippen LogP contribution in [0.15, 0.2) is 23.1 Å². The van der Waals surface area contributed by atoms with Gasteiger partial charge in [0.1, 0.15) is 5.75 Å². The van der Waals surface area contributed by atoms with Gasteiger partial charge < -0.3 is 4.74 Å². The molecule has 0 bridgehead atoms. The van der Waals surface area contributed by atoms with Crippen molar-refractivity contribution in [2.24, 2.45) is 5.14 Å². The maximum atomic E-state index is 11.2. The van der Waals surface area contributed by atoms with Crippen molar-refractivity contribution in [3.63, 3.8) is 0 Å². The molecule has 0 saturated heterocycles. The molecule has 4 nitrogen and oxygen atoms in total. The fourth-order valence-electron chi connectivity index (χ4n) is 1.49. The van der Waals surface area contributed by atoms with Crippen molar-refractivity contribution >= 4 is 10.0 Å². The topological polar surface area (TPSA) is 69.4 Å². The van der Waals surface area contributed by atoms with Gasteiger partial charge >= 0.3 is 0 Å². The Hall–Kier alpha value is -1.07. The minimum atomic E-state index is -3.62. The Labute approximate surface area is 95.5 Å². The first kappa shape index (κ1) is 11.4. The lowest BCUT2D eigenvalue weighted by Crippen LogP contribution is -2.12. The number of primary sulfonamides is 1. The van der Waals surface area contributed by atoms with E-state index in [0.717, 1.165) is 30.6 Å². The van der Waals surface area contributed by atoms with Gasteiger partial charge in [0.15, 0.2) is 0 Å². The van der Waals surface area contributed by atoms with E-state index in [1.165, 1.54) is 6.07 Å². The lowest BCUT2D eigenvalue weighted by molar-refractivity contribution is 0.300. The first-order chi connectivity index (χ1) is 7.50. The average molecular weight is 241 g/mol. The minimum Gasteiger partial charge on any atom is -0.490 e. The molecular formula is C11H15NO3S. The van der Waals surface area contributed by atoms with Gasteiger partial charge in [0.2, 0.25) is 10.0 Å². The van der Waals surface area contributed by atoms with Crippen molar-refractivity contribution < 1.29 is 13.2 Å². The third-order valence-corrected chi connectivity index (χ3v) is 3.47. The van der Waals surface area contributed by atoms with E-state index in [-0.39, 0.29) is 4.90 Å². The van der Waals surface area contributed by atoms with Gasteiger partial charge in [-0.1, -0.05) is 6.92 Å². The fraction of sp³-hybridized carbons (Fsp3) is 0.455. The molecule has 2 rings (SSSR count). The van der Waals surface area contributed by atoms with E-state index in [4.69, 9.17) is 9.88 Å². The normalized spacial score (nSPS) is 16.1. The molecule has 16 heavy (non-hydrogen) atoms. The largest absolute Gasteiger partial charge is 0.490 e. The van der Waals surface area contributed by atoms with Crippen molar-refractivity contribution in [3.8, 4) is 5.75 Å². The molecule has 0 aliphatic heterocycles. The van der Waals surface area contributed by atoms with Gasteiger partial charge in [0.05, 0.1) is 11.0 Å². The second-order valence-electron chi connectivity index (χ2n) is 3.99. The summed E-state index contributed by atoms with van der Waals surface area (Å²) in [6, 6.07) is 4.77. The first-order valence-corrected chi connectivity index (χ1v) is 6.87. The summed E-state index contributed by atoms with van der Waals surface area (Å²) in [7, 11) is -3.62. The molecule has 2 N–H and O–H groups in total. The van der Waals surface area contributed by atoms with E-state index in [0.29, 0.717) is 6.10 Å². The monoisotopic (exact) mass is 241 g/mol. The zero-order valence-corrected chi connectivity index (χ0v) is 9.96. The Morgan fingerprint density at radius 3 is 2.62 bits per heavy atom. The molecule has 0 amide bonds. The standard InChI is InChI=1S/C11H15NO3S/c1-2-8-7-10(16(12,13)14)5-6-11(8)15-9-3-4-9/h5-7,9H,2-4H2,1H3,(H2,12,13,14).